The summed E-state index contributed by atoms with van der Waals surface area (Å²) < 4.78 is 0. The van der Waals surface area contributed by atoms with E-state index in [1.165, 1.54) is 18.3 Å². The molecule has 0 radical (unpaired) electrons. The summed E-state index contributed by atoms with van der Waals surface area (Å²) in [6.45, 7) is 1.95. The van der Waals surface area contributed by atoms with Gasteiger partial charge in [-0.15, -0.1) is 0 Å². The van der Waals surface area contributed by atoms with Crippen LogP contribution in [0.4, 0.5) is 5.69 Å². The van der Waals surface area contributed by atoms with E-state index < -0.39 is 11.0 Å². The van der Waals surface area contributed by atoms with Gasteiger partial charge in [0.1, 0.15) is 5.69 Å². The molecule has 1 heterocycles. The SMILES string of the molecule is CCCC(O)Cc1ncccc1[N+](=O)[O-]. The van der Waals surface area contributed by atoms with Crippen molar-refractivity contribution in [3.05, 3.63) is 34.1 Å². The average Bonchev–Trinajstić information content (AvgIpc) is 2.18. The number of aliphatic hydroxyl groups excluding tert-OH is 1. The first-order valence-electron chi connectivity index (χ1n) is 4.91. The van der Waals surface area contributed by atoms with Crippen molar-refractivity contribution in [2.75, 3.05) is 0 Å². The smallest absolute Gasteiger partial charge is 0.290 e. The van der Waals surface area contributed by atoms with Gasteiger partial charge in [-0.2, -0.15) is 0 Å². The van der Waals surface area contributed by atoms with Crippen LogP contribution in [0.5, 0.6) is 0 Å². The van der Waals surface area contributed by atoms with Crippen LogP contribution in [0.15, 0.2) is 18.3 Å². The lowest BCUT2D eigenvalue weighted by Gasteiger charge is -2.08. The molecular weight excluding hydrogens is 196 g/mol. The third-order valence-corrected chi connectivity index (χ3v) is 2.11. The minimum atomic E-state index is -0.552. The van der Waals surface area contributed by atoms with Crippen molar-refractivity contribution in [3.63, 3.8) is 0 Å². The minimum Gasteiger partial charge on any atom is -0.393 e. The Morgan fingerprint density at radius 2 is 2.40 bits per heavy atom. The van der Waals surface area contributed by atoms with Crippen LogP contribution in [-0.4, -0.2) is 21.1 Å². The maximum absolute atomic E-state index is 10.6. The Balaban J connectivity index is 2.79. The quantitative estimate of drug-likeness (QED) is 0.592. The second-order valence-electron chi connectivity index (χ2n) is 3.37. The summed E-state index contributed by atoms with van der Waals surface area (Å²) in [7, 11) is 0. The number of nitrogens with zero attached hydrogens (tertiary/aromatic N) is 2. The molecule has 15 heavy (non-hydrogen) atoms. The van der Waals surface area contributed by atoms with Gasteiger partial charge < -0.3 is 5.11 Å². The molecule has 0 amide bonds. The highest BCUT2D eigenvalue weighted by Gasteiger charge is 2.16. The Bertz CT molecular complexity index is 341. The fourth-order valence-corrected chi connectivity index (χ4v) is 1.41. The second-order valence-corrected chi connectivity index (χ2v) is 3.37. The molecule has 1 atom stereocenters. The first-order valence-corrected chi connectivity index (χ1v) is 4.91. The molecule has 1 aromatic heterocycles. The topological polar surface area (TPSA) is 76.3 Å². The summed E-state index contributed by atoms with van der Waals surface area (Å²) >= 11 is 0. The van der Waals surface area contributed by atoms with Crippen molar-refractivity contribution in [1.29, 1.82) is 0 Å². The van der Waals surface area contributed by atoms with Gasteiger partial charge in [-0.05, 0) is 12.5 Å². The summed E-state index contributed by atoms with van der Waals surface area (Å²) in [5.41, 5.74) is 0.330. The van der Waals surface area contributed by atoms with Crippen molar-refractivity contribution in [1.82, 2.24) is 4.98 Å². The molecule has 1 rings (SSSR count). The number of nitro groups is 1. The van der Waals surface area contributed by atoms with E-state index in [1.54, 1.807) is 0 Å². The fraction of sp³-hybridized carbons (Fsp3) is 0.500. The molecule has 1 N–H and O–H groups in total. The predicted octanol–water partition coefficient (Wildman–Crippen LogP) is 1.69. The number of hydrogen-bond donors (Lipinski definition) is 1. The molecule has 0 bridgehead atoms. The molecule has 0 saturated carbocycles. The van der Waals surface area contributed by atoms with E-state index in [9.17, 15) is 15.2 Å². The molecule has 0 saturated heterocycles. The number of aliphatic hydroxyl groups is 1. The van der Waals surface area contributed by atoms with Crippen molar-refractivity contribution in [3.8, 4) is 0 Å². The molecule has 0 spiro atoms. The average molecular weight is 210 g/mol. The predicted molar refractivity (Wildman–Crippen MR) is 55.5 cm³/mol. The highest BCUT2D eigenvalue weighted by molar-refractivity contribution is 5.34. The third-order valence-electron chi connectivity index (χ3n) is 2.11. The van der Waals surface area contributed by atoms with Gasteiger partial charge >= 0.3 is 0 Å². The van der Waals surface area contributed by atoms with Crippen LogP contribution in [0, 0.1) is 10.1 Å². The Hall–Kier alpha value is -1.49. The van der Waals surface area contributed by atoms with Crippen LogP contribution in [0.3, 0.4) is 0 Å². The van der Waals surface area contributed by atoms with E-state index in [0.717, 1.165) is 6.42 Å². The van der Waals surface area contributed by atoms with Crippen molar-refractivity contribution >= 4 is 5.69 Å². The van der Waals surface area contributed by atoms with Gasteiger partial charge in [0.15, 0.2) is 0 Å². The first-order chi connectivity index (χ1) is 7.15. The highest BCUT2D eigenvalue weighted by Crippen LogP contribution is 2.17. The Morgan fingerprint density at radius 3 is 3.00 bits per heavy atom. The lowest BCUT2D eigenvalue weighted by molar-refractivity contribution is -0.386. The second kappa shape index (κ2) is 5.41. The molecule has 0 aliphatic rings. The van der Waals surface area contributed by atoms with E-state index >= 15 is 0 Å². The van der Waals surface area contributed by atoms with Gasteiger partial charge in [0.25, 0.3) is 5.69 Å². The number of rotatable bonds is 5. The molecule has 0 aliphatic heterocycles. The summed E-state index contributed by atoms with van der Waals surface area (Å²) in [6.07, 6.45) is 2.67. The summed E-state index contributed by atoms with van der Waals surface area (Å²) in [5.74, 6) is 0. The van der Waals surface area contributed by atoms with E-state index in [1.807, 2.05) is 6.92 Å². The molecule has 5 nitrogen and oxygen atoms in total. The molecule has 1 aromatic rings. The van der Waals surface area contributed by atoms with Crippen LogP contribution in [0.25, 0.3) is 0 Å². The summed E-state index contributed by atoms with van der Waals surface area (Å²) in [4.78, 5) is 14.1. The standard InChI is InChI=1S/C10H14N2O3/c1-2-4-8(13)7-9-10(12(14)15)5-3-6-11-9/h3,5-6,8,13H,2,4,7H2,1H3. The normalized spacial score (nSPS) is 12.4. The molecule has 1 unspecified atom stereocenters. The lowest BCUT2D eigenvalue weighted by atomic mass is 10.1. The van der Waals surface area contributed by atoms with E-state index in [2.05, 4.69) is 4.98 Å². The largest absolute Gasteiger partial charge is 0.393 e. The van der Waals surface area contributed by atoms with Gasteiger partial charge in [-0.1, -0.05) is 13.3 Å². The van der Waals surface area contributed by atoms with Crippen LogP contribution >= 0.6 is 0 Å². The maximum Gasteiger partial charge on any atom is 0.290 e. The molecule has 0 aromatic carbocycles. The number of aromatic nitrogens is 1. The fourth-order valence-electron chi connectivity index (χ4n) is 1.41. The van der Waals surface area contributed by atoms with Gasteiger partial charge in [-0.25, -0.2) is 0 Å². The zero-order chi connectivity index (χ0) is 11.3. The zero-order valence-corrected chi connectivity index (χ0v) is 8.59. The molecule has 0 aliphatic carbocycles. The van der Waals surface area contributed by atoms with E-state index in [-0.39, 0.29) is 12.1 Å². The maximum atomic E-state index is 10.6. The summed E-state index contributed by atoms with van der Waals surface area (Å²) in [6, 6.07) is 2.93. The molecule has 0 fully saturated rings. The van der Waals surface area contributed by atoms with Gasteiger partial charge in [0, 0.05) is 18.7 Å². The third kappa shape index (κ3) is 3.28. The Kier molecular flexibility index (Phi) is 4.17. The highest BCUT2D eigenvalue weighted by atomic mass is 16.6. The van der Waals surface area contributed by atoms with Crippen LogP contribution < -0.4 is 0 Å². The van der Waals surface area contributed by atoms with Crippen molar-refractivity contribution < 1.29 is 10.0 Å². The monoisotopic (exact) mass is 210 g/mol. The Morgan fingerprint density at radius 1 is 1.67 bits per heavy atom. The van der Waals surface area contributed by atoms with Crippen molar-refractivity contribution in [2.45, 2.75) is 32.3 Å². The molecule has 82 valence electrons. The lowest BCUT2D eigenvalue weighted by Crippen LogP contribution is -2.12. The zero-order valence-electron chi connectivity index (χ0n) is 8.59. The van der Waals surface area contributed by atoms with Gasteiger partial charge in [-0.3, -0.25) is 15.1 Å². The molecule has 5 heteroatoms. The number of pyridine rings is 1. The number of hydrogen-bond acceptors (Lipinski definition) is 4. The van der Waals surface area contributed by atoms with E-state index in [0.29, 0.717) is 12.1 Å². The van der Waals surface area contributed by atoms with Gasteiger partial charge in [0.05, 0.1) is 11.0 Å². The van der Waals surface area contributed by atoms with Gasteiger partial charge in [0.2, 0.25) is 0 Å². The van der Waals surface area contributed by atoms with Crippen LogP contribution in [-0.2, 0) is 6.42 Å². The molecular formula is C10H14N2O3. The van der Waals surface area contributed by atoms with Crippen molar-refractivity contribution in [2.24, 2.45) is 0 Å². The van der Waals surface area contributed by atoms with Crippen LogP contribution in [0.1, 0.15) is 25.5 Å². The minimum absolute atomic E-state index is 0.0207. The van der Waals surface area contributed by atoms with E-state index in [4.69, 9.17) is 0 Å². The first kappa shape index (κ1) is 11.6. The Labute approximate surface area is 87.9 Å². The van der Waals surface area contributed by atoms with Crippen LogP contribution in [0.2, 0.25) is 0 Å². The summed E-state index contributed by atoms with van der Waals surface area (Å²) in [5, 5.41) is 20.2.